The molecule has 1 N–H and O–H groups in total. The van der Waals surface area contributed by atoms with Crippen LogP contribution in [0.15, 0.2) is 10.9 Å². The summed E-state index contributed by atoms with van der Waals surface area (Å²) in [4.78, 5) is 18.2. The van der Waals surface area contributed by atoms with Crippen molar-refractivity contribution in [3.8, 4) is 0 Å². The van der Waals surface area contributed by atoms with E-state index in [1.165, 1.54) is 19.2 Å². The highest BCUT2D eigenvalue weighted by Crippen LogP contribution is 2.10. The van der Waals surface area contributed by atoms with Gasteiger partial charge in [-0.1, -0.05) is 18.0 Å². The van der Waals surface area contributed by atoms with Gasteiger partial charge in [-0.25, -0.2) is 0 Å². The van der Waals surface area contributed by atoms with Gasteiger partial charge in [-0.3, -0.25) is 4.79 Å². The number of rotatable bonds is 5. The smallest absolute Gasteiger partial charge is 0.239 e. The van der Waals surface area contributed by atoms with Crippen molar-refractivity contribution in [1.82, 2.24) is 20.4 Å². The number of hydrogen-bond donors (Lipinski definition) is 1. The first-order valence-corrected chi connectivity index (χ1v) is 7.05. The number of carbonyl (C=O) groups excluding carboxylic acids is 1. The predicted octanol–water partition coefficient (Wildman–Crippen LogP) is 0.993. The van der Waals surface area contributed by atoms with Crippen LogP contribution in [0.4, 0.5) is 0 Å². The average Bonchev–Trinajstić information content (AvgIpc) is 2.78. The molecule has 0 aromatic carbocycles. The molecule has 6 nitrogen and oxygen atoms in total. The van der Waals surface area contributed by atoms with Gasteiger partial charge in [0.05, 0.1) is 6.04 Å². The van der Waals surface area contributed by atoms with Crippen molar-refractivity contribution in [3.05, 3.63) is 12.2 Å². The Hall–Kier alpha value is -1.43. The second-order valence-electron chi connectivity index (χ2n) is 5.01. The molecule has 19 heavy (non-hydrogen) atoms. The molecule has 2 rings (SSSR count). The summed E-state index contributed by atoms with van der Waals surface area (Å²) in [6.45, 7) is 4.40. The Balaban J connectivity index is 1.72. The SMILES string of the molecule is CC(NCCc1ncon1)C(=O)N1CCCCCC1. The summed E-state index contributed by atoms with van der Waals surface area (Å²) in [7, 11) is 0. The van der Waals surface area contributed by atoms with Crippen molar-refractivity contribution < 1.29 is 9.32 Å². The van der Waals surface area contributed by atoms with Crippen LogP contribution < -0.4 is 5.32 Å². The van der Waals surface area contributed by atoms with E-state index >= 15 is 0 Å². The number of nitrogens with zero attached hydrogens (tertiary/aromatic N) is 3. The normalized spacial score (nSPS) is 18.1. The van der Waals surface area contributed by atoms with Gasteiger partial charge in [0.15, 0.2) is 5.82 Å². The van der Waals surface area contributed by atoms with Crippen molar-refractivity contribution in [2.45, 2.75) is 45.1 Å². The van der Waals surface area contributed by atoms with Gasteiger partial charge >= 0.3 is 0 Å². The summed E-state index contributed by atoms with van der Waals surface area (Å²) in [5.74, 6) is 0.872. The molecular formula is C13H22N4O2. The van der Waals surface area contributed by atoms with Crippen LogP contribution in [-0.2, 0) is 11.2 Å². The third-order valence-electron chi connectivity index (χ3n) is 3.49. The topological polar surface area (TPSA) is 71.3 Å². The molecule has 6 heteroatoms. The first-order valence-electron chi connectivity index (χ1n) is 7.05. The Morgan fingerprint density at radius 1 is 1.42 bits per heavy atom. The zero-order valence-electron chi connectivity index (χ0n) is 11.5. The summed E-state index contributed by atoms with van der Waals surface area (Å²) in [5.41, 5.74) is 0. The fourth-order valence-electron chi connectivity index (χ4n) is 2.36. The van der Waals surface area contributed by atoms with Crippen LogP contribution >= 0.6 is 0 Å². The number of nitrogens with one attached hydrogen (secondary N) is 1. The highest BCUT2D eigenvalue weighted by Gasteiger charge is 2.20. The molecule has 0 spiro atoms. The largest absolute Gasteiger partial charge is 0.343 e. The Kier molecular flexibility index (Phi) is 5.32. The van der Waals surface area contributed by atoms with Gasteiger partial charge in [-0.15, -0.1) is 0 Å². The number of carbonyl (C=O) groups is 1. The summed E-state index contributed by atoms with van der Waals surface area (Å²) in [5, 5.41) is 6.96. The molecule has 0 aliphatic carbocycles. The van der Waals surface area contributed by atoms with Crippen LogP contribution in [0.3, 0.4) is 0 Å². The van der Waals surface area contributed by atoms with Gasteiger partial charge in [0, 0.05) is 26.1 Å². The minimum Gasteiger partial charge on any atom is -0.343 e. The molecule has 2 heterocycles. The van der Waals surface area contributed by atoms with Crippen molar-refractivity contribution in [1.29, 1.82) is 0 Å². The maximum Gasteiger partial charge on any atom is 0.239 e. The summed E-state index contributed by atoms with van der Waals surface area (Å²) in [6.07, 6.45) is 6.73. The van der Waals surface area contributed by atoms with E-state index in [1.54, 1.807) is 0 Å². The molecule has 0 bridgehead atoms. The molecule has 1 saturated heterocycles. The molecule has 1 unspecified atom stereocenters. The highest BCUT2D eigenvalue weighted by atomic mass is 16.5. The molecule has 1 amide bonds. The van der Waals surface area contributed by atoms with E-state index in [1.807, 2.05) is 11.8 Å². The fraction of sp³-hybridized carbons (Fsp3) is 0.769. The average molecular weight is 266 g/mol. The number of likely N-dealkylation sites (tertiary alicyclic amines) is 1. The molecule has 1 aliphatic rings. The van der Waals surface area contributed by atoms with Crippen molar-refractivity contribution in [2.24, 2.45) is 0 Å². The first-order chi connectivity index (χ1) is 9.27. The summed E-state index contributed by atoms with van der Waals surface area (Å²) in [6, 6.07) is -0.148. The second kappa shape index (κ2) is 7.23. The summed E-state index contributed by atoms with van der Waals surface area (Å²) >= 11 is 0. The van der Waals surface area contributed by atoms with Crippen molar-refractivity contribution in [3.63, 3.8) is 0 Å². The quantitative estimate of drug-likeness (QED) is 0.860. The monoisotopic (exact) mass is 266 g/mol. The van der Waals surface area contributed by atoms with E-state index in [2.05, 4.69) is 20.0 Å². The van der Waals surface area contributed by atoms with Crippen molar-refractivity contribution in [2.75, 3.05) is 19.6 Å². The lowest BCUT2D eigenvalue weighted by Gasteiger charge is -2.24. The van der Waals surface area contributed by atoms with Crippen LogP contribution in [0.2, 0.25) is 0 Å². The predicted molar refractivity (Wildman–Crippen MR) is 70.5 cm³/mol. The van der Waals surface area contributed by atoms with E-state index in [-0.39, 0.29) is 11.9 Å². The lowest BCUT2D eigenvalue weighted by molar-refractivity contribution is -0.133. The number of hydrogen-bond acceptors (Lipinski definition) is 5. The van der Waals surface area contributed by atoms with E-state index in [0.29, 0.717) is 18.8 Å². The van der Waals surface area contributed by atoms with Gasteiger partial charge in [-0.2, -0.15) is 4.98 Å². The van der Waals surface area contributed by atoms with E-state index in [4.69, 9.17) is 0 Å². The molecule has 1 fully saturated rings. The number of amides is 1. The molecule has 0 saturated carbocycles. The van der Waals surface area contributed by atoms with Gasteiger partial charge in [-0.05, 0) is 19.8 Å². The number of aromatic nitrogens is 2. The minimum atomic E-state index is -0.148. The molecule has 1 aliphatic heterocycles. The molecule has 1 atom stereocenters. The van der Waals surface area contributed by atoms with E-state index in [9.17, 15) is 4.79 Å². The second-order valence-corrected chi connectivity index (χ2v) is 5.01. The maximum atomic E-state index is 12.3. The van der Waals surface area contributed by atoms with E-state index in [0.717, 1.165) is 25.9 Å². The van der Waals surface area contributed by atoms with Crippen LogP contribution in [0.1, 0.15) is 38.4 Å². The molecular weight excluding hydrogens is 244 g/mol. The third kappa shape index (κ3) is 4.31. The third-order valence-corrected chi connectivity index (χ3v) is 3.49. The van der Waals surface area contributed by atoms with Crippen LogP contribution in [0.25, 0.3) is 0 Å². The van der Waals surface area contributed by atoms with Crippen molar-refractivity contribution >= 4 is 5.91 Å². The lowest BCUT2D eigenvalue weighted by Crippen LogP contribution is -2.45. The zero-order valence-corrected chi connectivity index (χ0v) is 11.5. The zero-order chi connectivity index (χ0) is 13.5. The summed E-state index contributed by atoms with van der Waals surface area (Å²) < 4.78 is 4.66. The van der Waals surface area contributed by atoms with Crippen LogP contribution in [0, 0.1) is 0 Å². The Labute approximate surface area is 113 Å². The Bertz CT molecular complexity index is 372. The van der Waals surface area contributed by atoms with E-state index < -0.39 is 0 Å². The maximum absolute atomic E-state index is 12.3. The van der Waals surface area contributed by atoms with Gasteiger partial charge in [0.2, 0.25) is 12.3 Å². The highest BCUT2D eigenvalue weighted by molar-refractivity contribution is 5.81. The minimum absolute atomic E-state index is 0.148. The standard InChI is InChI=1S/C13H22N4O2/c1-11(14-7-6-12-15-10-19-16-12)13(18)17-8-4-2-3-5-9-17/h10-11,14H,2-9H2,1H3. The van der Waals surface area contributed by atoms with Crippen LogP contribution in [-0.4, -0.2) is 46.6 Å². The van der Waals surface area contributed by atoms with Gasteiger partial charge < -0.3 is 14.7 Å². The Morgan fingerprint density at radius 3 is 2.79 bits per heavy atom. The Morgan fingerprint density at radius 2 is 2.16 bits per heavy atom. The fourth-order valence-corrected chi connectivity index (χ4v) is 2.36. The van der Waals surface area contributed by atoms with Gasteiger partial charge in [0.1, 0.15) is 0 Å². The molecule has 1 aromatic rings. The molecule has 1 aromatic heterocycles. The first kappa shape index (κ1) is 14.0. The molecule has 106 valence electrons. The lowest BCUT2D eigenvalue weighted by atomic mass is 10.2. The van der Waals surface area contributed by atoms with Crippen LogP contribution in [0.5, 0.6) is 0 Å². The molecule has 0 radical (unpaired) electrons. The van der Waals surface area contributed by atoms with Gasteiger partial charge in [0.25, 0.3) is 0 Å².